The SMILES string of the molecule is N#Cc1ccc(NS(=O)(=O)c2ccc(C#N)nc2)c(N)c1. The highest BCUT2D eigenvalue weighted by Gasteiger charge is 2.16. The number of pyridine rings is 1. The molecule has 0 aliphatic rings. The van der Waals surface area contributed by atoms with Gasteiger partial charge in [-0.15, -0.1) is 0 Å². The molecule has 0 atom stereocenters. The van der Waals surface area contributed by atoms with Crippen molar-refractivity contribution in [2.24, 2.45) is 0 Å². The molecule has 0 spiro atoms. The Hall–Kier alpha value is -3.10. The third-order valence-corrected chi connectivity index (χ3v) is 3.94. The second-order valence-electron chi connectivity index (χ2n) is 4.01. The van der Waals surface area contributed by atoms with Gasteiger partial charge in [0.25, 0.3) is 10.0 Å². The van der Waals surface area contributed by atoms with Crippen molar-refractivity contribution in [1.29, 1.82) is 10.5 Å². The number of hydrogen-bond acceptors (Lipinski definition) is 6. The molecule has 0 fully saturated rings. The van der Waals surface area contributed by atoms with Crippen molar-refractivity contribution < 1.29 is 8.42 Å². The second kappa shape index (κ2) is 5.49. The first kappa shape index (κ1) is 14.3. The summed E-state index contributed by atoms with van der Waals surface area (Å²) in [5.41, 5.74) is 6.44. The third kappa shape index (κ3) is 3.08. The molecule has 0 saturated heterocycles. The molecule has 2 rings (SSSR count). The molecule has 0 aliphatic carbocycles. The van der Waals surface area contributed by atoms with E-state index in [0.717, 1.165) is 6.20 Å². The van der Waals surface area contributed by atoms with Crippen molar-refractivity contribution in [2.75, 3.05) is 10.5 Å². The highest BCUT2D eigenvalue weighted by molar-refractivity contribution is 7.92. The largest absolute Gasteiger partial charge is 0.397 e. The lowest BCUT2D eigenvalue weighted by Crippen LogP contribution is -2.14. The van der Waals surface area contributed by atoms with Crippen LogP contribution in [0.2, 0.25) is 0 Å². The average Bonchev–Trinajstić information content (AvgIpc) is 2.49. The lowest BCUT2D eigenvalue weighted by molar-refractivity contribution is 0.601. The highest BCUT2D eigenvalue weighted by atomic mass is 32.2. The van der Waals surface area contributed by atoms with Crippen LogP contribution in [-0.2, 0) is 10.0 Å². The zero-order valence-electron chi connectivity index (χ0n) is 10.6. The molecule has 0 saturated carbocycles. The van der Waals surface area contributed by atoms with E-state index in [0.29, 0.717) is 5.56 Å². The number of nitrogens with two attached hydrogens (primary N) is 1. The number of sulfonamides is 1. The molecule has 0 unspecified atom stereocenters. The van der Waals surface area contributed by atoms with Crippen LogP contribution in [0.4, 0.5) is 11.4 Å². The Morgan fingerprint density at radius 2 is 1.90 bits per heavy atom. The van der Waals surface area contributed by atoms with Crippen LogP contribution in [0.25, 0.3) is 0 Å². The van der Waals surface area contributed by atoms with Gasteiger partial charge in [0.1, 0.15) is 16.7 Å². The van der Waals surface area contributed by atoms with E-state index in [4.69, 9.17) is 16.3 Å². The van der Waals surface area contributed by atoms with E-state index in [1.165, 1.54) is 30.3 Å². The first-order valence-corrected chi connectivity index (χ1v) is 7.13. The molecule has 0 aliphatic heterocycles. The van der Waals surface area contributed by atoms with Crippen LogP contribution in [0, 0.1) is 22.7 Å². The molecule has 21 heavy (non-hydrogen) atoms. The summed E-state index contributed by atoms with van der Waals surface area (Å²) >= 11 is 0. The summed E-state index contributed by atoms with van der Waals surface area (Å²) in [6, 6.07) is 10.5. The molecule has 1 aromatic heterocycles. The first-order chi connectivity index (χ1) is 9.96. The monoisotopic (exact) mass is 299 g/mol. The summed E-state index contributed by atoms with van der Waals surface area (Å²) in [5.74, 6) is 0. The molecule has 1 aromatic carbocycles. The average molecular weight is 299 g/mol. The Kier molecular flexibility index (Phi) is 3.74. The van der Waals surface area contributed by atoms with Crippen LogP contribution in [0.3, 0.4) is 0 Å². The number of nitriles is 2. The minimum atomic E-state index is -3.87. The molecule has 0 amide bonds. The molecular formula is C13H9N5O2S. The quantitative estimate of drug-likeness (QED) is 0.818. The summed E-state index contributed by atoms with van der Waals surface area (Å²) in [7, 11) is -3.87. The van der Waals surface area contributed by atoms with Gasteiger partial charge >= 0.3 is 0 Å². The van der Waals surface area contributed by atoms with Gasteiger partial charge in [-0.3, -0.25) is 4.72 Å². The Morgan fingerprint density at radius 1 is 1.14 bits per heavy atom. The van der Waals surface area contributed by atoms with Gasteiger partial charge in [-0.2, -0.15) is 10.5 Å². The summed E-state index contributed by atoms with van der Waals surface area (Å²) in [6.07, 6.45) is 1.08. The summed E-state index contributed by atoms with van der Waals surface area (Å²) in [5, 5.41) is 17.4. The normalized spacial score (nSPS) is 10.4. The predicted molar refractivity (Wildman–Crippen MR) is 75.3 cm³/mol. The fraction of sp³-hybridized carbons (Fsp3) is 0. The number of rotatable bonds is 3. The van der Waals surface area contributed by atoms with E-state index < -0.39 is 10.0 Å². The van der Waals surface area contributed by atoms with Crippen molar-refractivity contribution in [3.05, 3.63) is 47.8 Å². The maximum absolute atomic E-state index is 12.2. The first-order valence-electron chi connectivity index (χ1n) is 5.65. The summed E-state index contributed by atoms with van der Waals surface area (Å²) < 4.78 is 26.6. The van der Waals surface area contributed by atoms with Crippen LogP contribution in [0.15, 0.2) is 41.4 Å². The fourth-order valence-electron chi connectivity index (χ4n) is 1.53. The van der Waals surface area contributed by atoms with Gasteiger partial charge in [-0.1, -0.05) is 0 Å². The number of nitrogens with one attached hydrogen (secondary N) is 1. The van der Waals surface area contributed by atoms with Crippen molar-refractivity contribution >= 4 is 21.4 Å². The van der Waals surface area contributed by atoms with Gasteiger partial charge in [0, 0.05) is 6.20 Å². The zero-order valence-corrected chi connectivity index (χ0v) is 11.4. The van der Waals surface area contributed by atoms with E-state index in [9.17, 15) is 8.42 Å². The molecule has 0 bridgehead atoms. The number of aromatic nitrogens is 1. The van der Waals surface area contributed by atoms with Gasteiger partial charge in [0.05, 0.1) is 23.0 Å². The second-order valence-corrected chi connectivity index (χ2v) is 5.69. The summed E-state index contributed by atoms with van der Waals surface area (Å²) in [4.78, 5) is 3.61. The molecule has 1 heterocycles. The Balaban J connectivity index is 2.33. The van der Waals surface area contributed by atoms with Crippen molar-refractivity contribution in [3.8, 4) is 12.1 Å². The molecule has 0 radical (unpaired) electrons. The maximum Gasteiger partial charge on any atom is 0.263 e. The summed E-state index contributed by atoms with van der Waals surface area (Å²) in [6.45, 7) is 0. The Morgan fingerprint density at radius 3 is 2.43 bits per heavy atom. The molecule has 104 valence electrons. The van der Waals surface area contributed by atoms with Crippen LogP contribution in [0.1, 0.15) is 11.3 Å². The van der Waals surface area contributed by atoms with Crippen LogP contribution < -0.4 is 10.5 Å². The van der Waals surface area contributed by atoms with Gasteiger partial charge in [-0.25, -0.2) is 13.4 Å². The highest BCUT2D eigenvalue weighted by Crippen LogP contribution is 2.23. The molecule has 8 heteroatoms. The standard InChI is InChI=1S/C13H9N5O2S/c14-6-9-1-4-13(12(16)5-9)18-21(19,20)11-3-2-10(7-15)17-8-11/h1-5,8,18H,16H2. The van der Waals surface area contributed by atoms with Crippen molar-refractivity contribution in [3.63, 3.8) is 0 Å². The third-order valence-electron chi connectivity index (χ3n) is 2.59. The van der Waals surface area contributed by atoms with Gasteiger partial charge in [-0.05, 0) is 30.3 Å². The number of benzene rings is 1. The van der Waals surface area contributed by atoms with E-state index in [1.807, 2.05) is 6.07 Å². The van der Waals surface area contributed by atoms with Crippen LogP contribution >= 0.6 is 0 Å². The predicted octanol–water partition coefficient (Wildman–Crippen LogP) is 1.21. The fourth-order valence-corrected chi connectivity index (χ4v) is 2.57. The minimum absolute atomic E-state index is 0.0924. The topological polar surface area (TPSA) is 133 Å². The maximum atomic E-state index is 12.2. The van der Waals surface area contributed by atoms with E-state index in [-0.39, 0.29) is 22.0 Å². The molecular weight excluding hydrogens is 290 g/mol. The minimum Gasteiger partial charge on any atom is -0.397 e. The number of nitrogens with zero attached hydrogens (tertiary/aromatic N) is 3. The smallest absolute Gasteiger partial charge is 0.263 e. The lowest BCUT2D eigenvalue weighted by atomic mass is 10.2. The lowest BCUT2D eigenvalue weighted by Gasteiger charge is -2.10. The Labute approximate surface area is 121 Å². The van der Waals surface area contributed by atoms with Gasteiger partial charge < -0.3 is 5.73 Å². The number of hydrogen-bond donors (Lipinski definition) is 2. The number of nitrogen functional groups attached to an aromatic ring is 1. The van der Waals surface area contributed by atoms with Crippen LogP contribution in [-0.4, -0.2) is 13.4 Å². The zero-order chi connectivity index (χ0) is 15.5. The van der Waals surface area contributed by atoms with Crippen molar-refractivity contribution in [2.45, 2.75) is 4.90 Å². The van der Waals surface area contributed by atoms with E-state index >= 15 is 0 Å². The van der Waals surface area contributed by atoms with Crippen LogP contribution in [0.5, 0.6) is 0 Å². The van der Waals surface area contributed by atoms with Gasteiger partial charge in [0.2, 0.25) is 0 Å². The van der Waals surface area contributed by atoms with E-state index in [1.54, 1.807) is 6.07 Å². The Bertz CT molecular complexity index is 861. The van der Waals surface area contributed by atoms with Crippen molar-refractivity contribution in [1.82, 2.24) is 4.98 Å². The van der Waals surface area contributed by atoms with Gasteiger partial charge in [0.15, 0.2) is 0 Å². The molecule has 3 N–H and O–H groups in total. The molecule has 7 nitrogen and oxygen atoms in total. The number of anilines is 2. The molecule has 2 aromatic rings. The van der Waals surface area contributed by atoms with E-state index in [2.05, 4.69) is 9.71 Å².